The average Bonchev–Trinajstić information content (AvgIpc) is 2.83. The highest BCUT2D eigenvalue weighted by atomic mass is 35.5. The van der Waals surface area contributed by atoms with Crippen molar-refractivity contribution in [3.63, 3.8) is 0 Å². The van der Waals surface area contributed by atoms with Gasteiger partial charge in [0.2, 0.25) is 11.0 Å². The van der Waals surface area contributed by atoms with Crippen LogP contribution in [0.25, 0.3) is 0 Å². The minimum absolute atomic E-state index is 0. The van der Waals surface area contributed by atoms with Crippen LogP contribution in [0, 0.1) is 0 Å². The van der Waals surface area contributed by atoms with Crippen LogP contribution in [0.1, 0.15) is 5.56 Å². The van der Waals surface area contributed by atoms with E-state index in [4.69, 9.17) is 5.73 Å². The summed E-state index contributed by atoms with van der Waals surface area (Å²) in [6.07, 6.45) is 0.505. The SMILES string of the molecule is Cl.N[C@H](Cc1ccccc1)C(=O)Nc1nncs1. The molecule has 1 heterocycles. The van der Waals surface area contributed by atoms with Gasteiger partial charge in [-0.3, -0.25) is 10.1 Å². The molecule has 0 saturated carbocycles. The van der Waals surface area contributed by atoms with Crippen molar-refractivity contribution in [3.05, 3.63) is 41.4 Å². The van der Waals surface area contributed by atoms with Gasteiger partial charge >= 0.3 is 0 Å². The van der Waals surface area contributed by atoms with E-state index in [1.807, 2.05) is 30.3 Å². The van der Waals surface area contributed by atoms with Gasteiger partial charge in [-0.2, -0.15) is 0 Å². The quantitative estimate of drug-likeness (QED) is 0.891. The van der Waals surface area contributed by atoms with Gasteiger partial charge in [-0.15, -0.1) is 22.6 Å². The largest absolute Gasteiger partial charge is 0.320 e. The van der Waals surface area contributed by atoms with Crippen molar-refractivity contribution in [3.8, 4) is 0 Å². The molecule has 7 heteroatoms. The highest BCUT2D eigenvalue weighted by Crippen LogP contribution is 2.09. The molecule has 0 bridgehead atoms. The Morgan fingerprint density at radius 3 is 2.72 bits per heavy atom. The zero-order chi connectivity index (χ0) is 12.1. The molecule has 0 aliphatic rings. The molecule has 1 atom stereocenters. The third-order valence-electron chi connectivity index (χ3n) is 2.23. The van der Waals surface area contributed by atoms with Gasteiger partial charge in [0, 0.05) is 0 Å². The molecule has 1 amide bonds. The van der Waals surface area contributed by atoms with Gasteiger partial charge in [0.25, 0.3) is 0 Å². The molecule has 0 unspecified atom stereocenters. The zero-order valence-corrected chi connectivity index (χ0v) is 11.1. The van der Waals surface area contributed by atoms with Gasteiger partial charge in [0.05, 0.1) is 6.04 Å². The molecule has 3 N–H and O–H groups in total. The number of benzene rings is 1. The van der Waals surface area contributed by atoms with Crippen LogP contribution < -0.4 is 11.1 Å². The maximum atomic E-state index is 11.7. The van der Waals surface area contributed by atoms with E-state index in [1.54, 1.807) is 5.51 Å². The molecule has 0 radical (unpaired) electrons. The second kappa shape index (κ2) is 7.05. The first-order valence-corrected chi connectivity index (χ1v) is 6.00. The van der Waals surface area contributed by atoms with E-state index in [0.29, 0.717) is 11.6 Å². The van der Waals surface area contributed by atoms with Crippen molar-refractivity contribution >= 4 is 34.8 Å². The van der Waals surface area contributed by atoms with Crippen LogP contribution in [0.4, 0.5) is 5.13 Å². The number of hydrogen-bond donors (Lipinski definition) is 2. The van der Waals surface area contributed by atoms with Crippen molar-refractivity contribution in [2.45, 2.75) is 12.5 Å². The number of anilines is 1. The fourth-order valence-corrected chi connectivity index (χ4v) is 1.83. The lowest BCUT2D eigenvalue weighted by Gasteiger charge is -2.10. The van der Waals surface area contributed by atoms with E-state index >= 15 is 0 Å². The summed E-state index contributed by atoms with van der Waals surface area (Å²) < 4.78 is 0. The molecule has 0 fully saturated rings. The maximum Gasteiger partial charge on any atom is 0.243 e. The van der Waals surface area contributed by atoms with Gasteiger partial charge in [0.15, 0.2) is 0 Å². The van der Waals surface area contributed by atoms with Gasteiger partial charge in [0.1, 0.15) is 5.51 Å². The Morgan fingerprint density at radius 1 is 1.39 bits per heavy atom. The summed E-state index contributed by atoms with van der Waals surface area (Å²) in [5.41, 5.74) is 8.40. The average molecular weight is 285 g/mol. The Bertz CT molecular complexity index is 477. The van der Waals surface area contributed by atoms with Crippen LogP contribution in [-0.2, 0) is 11.2 Å². The van der Waals surface area contributed by atoms with Crippen molar-refractivity contribution in [2.24, 2.45) is 5.73 Å². The molecular formula is C11H13ClN4OS. The summed E-state index contributed by atoms with van der Waals surface area (Å²) in [5, 5.41) is 10.5. The van der Waals surface area contributed by atoms with Gasteiger partial charge in [-0.1, -0.05) is 41.7 Å². The minimum Gasteiger partial charge on any atom is -0.320 e. The molecule has 96 valence electrons. The number of halogens is 1. The van der Waals surface area contributed by atoms with Gasteiger partial charge in [-0.05, 0) is 12.0 Å². The standard InChI is InChI=1S/C11H12N4OS.ClH/c12-9(6-8-4-2-1-3-5-8)10(16)14-11-15-13-7-17-11;/h1-5,7,9H,6,12H2,(H,14,15,16);1H/t9-;/m1./s1. The van der Waals surface area contributed by atoms with Crippen LogP contribution in [0.2, 0.25) is 0 Å². The third-order valence-corrected chi connectivity index (χ3v) is 2.83. The van der Waals surface area contributed by atoms with Crippen molar-refractivity contribution in [2.75, 3.05) is 5.32 Å². The van der Waals surface area contributed by atoms with E-state index in [0.717, 1.165) is 5.56 Å². The zero-order valence-electron chi connectivity index (χ0n) is 9.45. The molecule has 0 saturated heterocycles. The summed E-state index contributed by atoms with van der Waals surface area (Å²) in [6.45, 7) is 0. The number of aromatic nitrogens is 2. The van der Waals surface area contributed by atoms with Crippen LogP contribution in [0.3, 0.4) is 0 Å². The molecule has 1 aromatic carbocycles. The smallest absolute Gasteiger partial charge is 0.243 e. The minimum atomic E-state index is -0.582. The van der Waals surface area contributed by atoms with Crippen molar-refractivity contribution < 1.29 is 4.79 Å². The number of nitrogens with one attached hydrogen (secondary N) is 1. The molecule has 2 aromatic rings. The summed E-state index contributed by atoms with van der Waals surface area (Å²) in [6, 6.07) is 9.07. The number of carbonyl (C=O) groups is 1. The van der Waals surface area contributed by atoms with Crippen LogP contribution in [0.5, 0.6) is 0 Å². The van der Waals surface area contributed by atoms with E-state index in [2.05, 4.69) is 15.5 Å². The van der Waals surface area contributed by atoms with Gasteiger partial charge in [-0.25, -0.2) is 0 Å². The van der Waals surface area contributed by atoms with E-state index in [9.17, 15) is 4.79 Å². The summed E-state index contributed by atoms with van der Waals surface area (Å²) in [4.78, 5) is 11.7. The van der Waals surface area contributed by atoms with Crippen molar-refractivity contribution in [1.29, 1.82) is 0 Å². The Hall–Kier alpha value is -1.50. The monoisotopic (exact) mass is 284 g/mol. The molecular weight excluding hydrogens is 272 g/mol. The third kappa shape index (κ3) is 4.06. The van der Waals surface area contributed by atoms with Crippen LogP contribution in [0.15, 0.2) is 35.8 Å². The normalized spacial score (nSPS) is 11.4. The first kappa shape index (κ1) is 14.6. The van der Waals surface area contributed by atoms with E-state index in [-0.39, 0.29) is 18.3 Å². The molecule has 2 rings (SSSR count). The van der Waals surface area contributed by atoms with Crippen LogP contribution in [-0.4, -0.2) is 22.1 Å². The fourth-order valence-electron chi connectivity index (χ4n) is 1.39. The Labute approximate surface area is 115 Å². The highest BCUT2D eigenvalue weighted by Gasteiger charge is 2.15. The Kier molecular flexibility index (Phi) is 5.70. The Balaban J connectivity index is 0.00000162. The fraction of sp³-hybridized carbons (Fsp3) is 0.182. The number of hydrogen-bond acceptors (Lipinski definition) is 5. The predicted octanol–water partition coefficient (Wildman–Crippen LogP) is 1.47. The lowest BCUT2D eigenvalue weighted by atomic mass is 10.1. The molecule has 0 aliphatic carbocycles. The molecule has 0 spiro atoms. The predicted molar refractivity (Wildman–Crippen MR) is 73.9 cm³/mol. The number of rotatable bonds is 4. The van der Waals surface area contributed by atoms with E-state index in [1.165, 1.54) is 11.3 Å². The highest BCUT2D eigenvalue weighted by molar-refractivity contribution is 7.13. The maximum absolute atomic E-state index is 11.7. The topological polar surface area (TPSA) is 80.9 Å². The van der Waals surface area contributed by atoms with E-state index < -0.39 is 6.04 Å². The second-order valence-electron chi connectivity index (χ2n) is 3.53. The van der Waals surface area contributed by atoms with Crippen molar-refractivity contribution in [1.82, 2.24) is 10.2 Å². The second-order valence-corrected chi connectivity index (χ2v) is 4.36. The lowest BCUT2D eigenvalue weighted by Crippen LogP contribution is -2.37. The Morgan fingerprint density at radius 2 is 2.11 bits per heavy atom. The molecule has 5 nitrogen and oxygen atoms in total. The first-order valence-electron chi connectivity index (χ1n) is 5.12. The van der Waals surface area contributed by atoms with Crippen LogP contribution >= 0.6 is 23.7 Å². The number of nitrogens with two attached hydrogens (primary N) is 1. The number of amides is 1. The lowest BCUT2D eigenvalue weighted by molar-refractivity contribution is -0.117. The molecule has 0 aliphatic heterocycles. The first-order chi connectivity index (χ1) is 8.25. The number of nitrogens with zero attached hydrogens (tertiary/aromatic N) is 2. The number of carbonyl (C=O) groups excluding carboxylic acids is 1. The summed E-state index contributed by atoms with van der Waals surface area (Å²) in [7, 11) is 0. The summed E-state index contributed by atoms with van der Waals surface area (Å²) >= 11 is 1.27. The molecule has 1 aromatic heterocycles. The summed E-state index contributed by atoms with van der Waals surface area (Å²) in [5.74, 6) is -0.245. The molecule has 18 heavy (non-hydrogen) atoms. The van der Waals surface area contributed by atoms with Gasteiger partial charge < -0.3 is 5.73 Å².